The zero-order valence-electron chi connectivity index (χ0n) is 9.00. The van der Waals surface area contributed by atoms with E-state index in [9.17, 15) is 4.79 Å². The topological polar surface area (TPSA) is 75.1 Å². The molecule has 0 saturated heterocycles. The van der Waals surface area contributed by atoms with E-state index in [0.717, 1.165) is 5.56 Å². The molecule has 0 bridgehead atoms. The molecule has 0 aliphatic rings. The van der Waals surface area contributed by atoms with Crippen LogP contribution in [-0.4, -0.2) is 21.2 Å². The SMILES string of the molecule is O=C(O)Nc1cccnc1Cc1ccncc1. The van der Waals surface area contributed by atoms with Crippen LogP contribution in [0.2, 0.25) is 0 Å². The number of anilines is 1. The maximum Gasteiger partial charge on any atom is 0.409 e. The van der Waals surface area contributed by atoms with Crippen molar-refractivity contribution in [2.24, 2.45) is 0 Å². The minimum absolute atomic E-state index is 0.511. The summed E-state index contributed by atoms with van der Waals surface area (Å²) >= 11 is 0. The van der Waals surface area contributed by atoms with Crippen LogP contribution < -0.4 is 5.32 Å². The molecule has 0 fully saturated rings. The van der Waals surface area contributed by atoms with E-state index in [1.807, 2.05) is 12.1 Å². The second-order valence-corrected chi connectivity index (χ2v) is 3.46. The molecule has 0 aliphatic carbocycles. The maximum atomic E-state index is 10.6. The van der Waals surface area contributed by atoms with Gasteiger partial charge in [-0.3, -0.25) is 15.3 Å². The fourth-order valence-electron chi connectivity index (χ4n) is 1.50. The van der Waals surface area contributed by atoms with Gasteiger partial charge in [-0.2, -0.15) is 0 Å². The van der Waals surface area contributed by atoms with E-state index in [2.05, 4.69) is 15.3 Å². The summed E-state index contributed by atoms with van der Waals surface area (Å²) in [5.41, 5.74) is 2.24. The predicted octanol–water partition coefficient (Wildman–Crippen LogP) is 2.16. The van der Waals surface area contributed by atoms with Crippen LogP contribution in [0.3, 0.4) is 0 Å². The number of carbonyl (C=O) groups is 1. The molecule has 17 heavy (non-hydrogen) atoms. The number of carboxylic acid groups (broad SMARTS) is 1. The fourth-order valence-corrected chi connectivity index (χ4v) is 1.50. The van der Waals surface area contributed by atoms with Gasteiger partial charge in [-0.15, -0.1) is 0 Å². The summed E-state index contributed by atoms with van der Waals surface area (Å²) in [6.45, 7) is 0. The summed E-state index contributed by atoms with van der Waals surface area (Å²) < 4.78 is 0. The standard InChI is InChI=1S/C12H11N3O2/c16-12(17)15-10-2-1-5-14-11(10)8-9-3-6-13-7-4-9/h1-7,15H,8H2,(H,16,17). The first kappa shape index (κ1) is 11.1. The van der Waals surface area contributed by atoms with Gasteiger partial charge in [0, 0.05) is 25.0 Å². The van der Waals surface area contributed by atoms with E-state index in [0.29, 0.717) is 17.8 Å². The van der Waals surface area contributed by atoms with Gasteiger partial charge >= 0.3 is 6.09 Å². The summed E-state index contributed by atoms with van der Waals surface area (Å²) in [6.07, 6.45) is 4.52. The van der Waals surface area contributed by atoms with Gasteiger partial charge in [-0.1, -0.05) is 0 Å². The summed E-state index contributed by atoms with van der Waals surface area (Å²) in [7, 11) is 0. The first-order chi connectivity index (χ1) is 8.25. The average molecular weight is 229 g/mol. The van der Waals surface area contributed by atoms with Crippen LogP contribution in [0, 0.1) is 0 Å². The number of aromatic nitrogens is 2. The van der Waals surface area contributed by atoms with Crippen LogP contribution in [0.15, 0.2) is 42.9 Å². The zero-order valence-corrected chi connectivity index (χ0v) is 9.00. The molecule has 0 atom stereocenters. The Morgan fingerprint density at radius 2 is 2.00 bits per heavy atom. The molecule has 2 rings (SSSR count). The Balaban J connectivity index is 2.23. The number of hydrogen-bond acceptors (Lipinski definition) is 3. The van der Waals surface area contributed by atoms with Crippen molar-refractivity contribution in [2.45, 2.75) is 6.42 Å². The average Bonchev–Trinajstić information content (AvgIpc) is 2.32. The molecule has 0 saturated carbocycles. The lowest BCUT2D eigenvalue weighted by Gasteiger charge is -2.07. The number of hydrogen-bond donors (Lipinski definition) is 2. The molecule has 0 unspecified atom stereocenters. The molecule has 0 spiro atoms. The predicted molar refractivity (Wildman–Crippen MR) is 62.9 cm³/mol. The Bertz CT molecular complexity index is 514. The summed E-state index contributed by atoms with van der Waals surface area (Å²) in [5.74, 6) is 0. The molecule has 2 N–H and O–H groups in total. The third kappa shape index (κ3) is 3.01. The lowest BCUT2D eigenvalue weighted by molar-refractivity contribution is 0.209. The molecule has 2 aromatic rings. The Morgan fingerprint density at radius 1 is 1.24 bits per heavy atom. The van der Waals surface area contributed by atoms with E-state index >= 15 is 0 Å². The Morgan fingerprint density at radius 3 is 2.71 bits per heavy atom. The van der Waals surface area contributed by atoms with E-state index in [4.69, 9.17) is 5.11 Å². The smallest absolute Gasteiger partial charge is 0.409 e. The van der Waals surface area contributed by atoms with Crippen molar-refractivity contribution in [3.8, 4) is 0 Å². The minimum Gasteiger partial charge on any atom is -0.465 e. The lowest BCUT2D eigenvalue weighted by Crippen LogP contribution is -2.10. The molecule has 2 aromatic heterocycles. The van der Waals surface area contributed by atoms with Crippen LogP contribution >= 0.6 is 0 Å². The van der Waals surface area contributed by atoms with Crippen LogP contribution in [-0.2, 0) is 6.42 Å². The summed E-state index contributed by atoms with van der Waals surface area (Å²) in [5, 5.41) is 11.0. The van der Waals surface area contributed by atoms with Gasteiger partial charge in [-0.05, 0) is 29.8 Å². The van der Waals surface area contributed by atoms with Crippen LogP contribution in [0.25, 0.3) is 0 Å². The van der Waals surface area contributed by atoms with E-state index in [1.54, 1.807) is 30.7 Å². The van der Waals surface area contributed by atoms with Gasteiger partial charge in [0.05, 0.1) is 11.4 Å². The van der Waals surface area contributed by atoms with Crippen LogP contribution in [0.4, 0.5) is 10.5 Å². The van der Waals surface area contributed by atoms with Crippen molar-refractivity contribution in [3.05, 3.63) is 54.1 Å². The molecule has 0 radical (unpaired) electrons. The van der Waals surface area contributed by atoms with Gasteiger partial charge in [0.25, 0.3) is 0 Å². The number of rotatable bonds is 3. The summed E-state index contributed by atoms with van der Waals surface area (Å²) in [6, 6.07) is 7.14. The largest absolute Gasteiger partial charge is 0.465 e. The molecular formula is C12H11N3O2. The van der Waals surface area contributed by atoms with Crippen molar-refractivity contribution in [1.82, 2.24) is 9.97 Å². The lowest BCUT2D eigenvalue weighted by atomic mass is 10.1. The Kier molecular flexibility index (Phi) is 3.30. The Hall–Kier alpha value is -2.43. The highest BCUT2D eigenvalue weighted by Gasteiger charge is 2.06. The minimum atomic E-state index is -1.09. The van der Waals surface area contributed by atoms with Crippen molar-refractivity contribution >= 4 is 11.8 Å². The highest BCUT2D eigenvalue weighted by Crippen LogP contribution is 2.16. The number of pyridine rings is 2. The van der Waals surface area contributed by atoms with Gasteiger partial charge in [0.1, 0.15) is 0 Å². The number of nitrogens with zero attached hydrogens (tertiary/aromatic N) is 2. The zero-order chi connectivity index (χ0) is 12.1. The normalized spacial score (nSPS) is 9.88. The van der Waals surface area contributed by atoms with E-state index < -0.39 is 6.09 Å². The first-order valence-electron chi connectivity index (χ1n) is 5.08. The Labute approximate surface area is 98.2 Å². The highest BCUT2D eigenvalue weighted by atomic mass is 16.4. The van der Waals surface area contributed by atoms with Crippen molar-refractivity contribution in [2.75, 3.05) is 5.32 Å². The molecule has 5 heteroatoms. The molecule has 0 aliphatic heterocycles. The van der Waals surface area contributed by atoms with Crippen LogP contribution in [0.1, 0.15) is 11.3 Å². The highest BCUT2D eigenvalue weighted by molar-refractivity contribution is 5.83. The van der Waals surface area contributed by atoms with Crippen LogP contribution in [0.5, 0.6) is 0 Å². The van der Waals surface area contributed by atoms with Gasteiger partial charge < -0.3 is 5.11 Å². The van der Waals surface area contributed by atoms with Crippen molar-refractivity contribution in [1.29, 1.82) is 0 Å². The number of amides is 1. The van der Waals surface area contributed by atoms with Gasteiger partial charge in [0.15, 0.2) is 0 Å². The quantitative estimate of drug-likeness (QED) is 0.845. The van der Waals surface area contributed by atoms with Crippen molar-refractivity contribution < 1.29 is 9.90 Å². The molecule has 0 aromatic carbocycles. The molecule has 1 amide bonds. The second-order valence-electron chi connectivity index (χ2n) is 3.46. The summed E-state index contributed by atoms with van der Waals surface area (Å²) in [4.78, 5) is 18.7. The van der Waals surface area contributed by atoms with E-state index in [-0.39, 0.29) is 0 Å². The van der Waals surface area contributed by atoms with Gasteiger partial charge in [0.2, 0.25) is 0 Å². The second kappa shape index (κ2) is 5.07. The van der Waals surface area contributed by atoms with Crippen molar-refractivity contribution in [3.63, 3.8) is 0 Å². The maximum absolute atomic E-state index is 10.6. The first-order valence-corrected chi connectivity index (χ1v) is 5.08. The third-order valence-electron chi connectivity index (χ3n) is 2.25. The molecule has 86 valence electrons. The third-order valence-corrected chi connectivity index (χ3v) is 2.25. The van der Waals surface area contributed by atoms with Gasteiger partial charge in [-0.25, -0.2) is 4.79 Å². The van der Waals surface area contributed by atoms with E-state index in [1.165, 1.54) is 0 Å². The molecule has 5 nitrogen and oxygen atoms in total. The fraction of sp³-hybridized carbons (Fsp3) is 0.0833. The number of nitrogens with one attached hydrogen (secondary N) is 1. The molecular weight excluding hydrogens is 218 g/mol. The monoisotopic (exact) mass is 229 g/mol. The molecule has 2 heterocycles.